The topological polar surface area (TPSA) is 71.9 Å². The highest BCUT2D eigenvalue weighted by atomic mass is 32.1. The Bertz CT molecular complexity index is 794. The van der Waals surface area contributed by atoms with Gasteiger partial charge in [0, 0.05) is 43.2 Å². The molecule has 1 N–H and O–H groups in total. The van der Waals surface area contributed by atoms with Gasteiger partial charge in [0.2, 0.25) is 5.88 Å². The fraction of sp³-hybridized carbons (Fsp3) is 0.474. The van der Waals surface area contributed by atoms with Crippen molar-refractivity contribution in [3.8, 4) is 5.88 Å². The Morgan fingerprint density at radius 3 is 2.88 bits per heavy atom. The van der Waals surface area contributed by atoms with E-state index in [9.17, 15) is 9.90 Å². The van der Waals surface area contributed by atoms with Gasteiger partial charge in [-0.2, -0.15) is 0 Å². The van der Waals surface area contributed by atoms with Crippen LogP contribution in [0.5, 0.6) is 5.88 Å². The Hall–Kier alpha value is -1.96. The molecule has 0 aliphatic carbocycles. The molecule has 2 aliphatic heterocycles. The lowest BCUT2D eigenvalue weighted by atomic mass is 9.82. The van der Waals surface area contributed by atoms with E-state index in [1.165, 1.54) is 16.2 Å². The molecule has 0 radical (unpaired) electrons. The number of hydrogen-bond donors (Lipinski definition) is 1. The van der Waals surface area contributed by atoms with Crippen LogP contribution >= 0.6 is 11.3 Å². The fourth-order valence-electron chi connectivity index (χ4n) is 3.89. The number of hydrogen-bond acceptors (Lipinski definition) is 6. The zero-order valence-electron chi connectivity index (χ0n) is 14.7. The van der Waals surface area contributed by atoms with Gasteiger partial charge in [-0.05, 0) is 30.0 Å². The van der Waals surface area contributed by atoms with Crippen molar-refractivity contribution in [2.75, 3.05) is 26.8 Å². The molecule has 1 saturated heterocycles. The van der Waals surface area contributed by atoms with Crippen LogP contribution < -0.4 is 4.74 Å². The van der Waals surface area contributed by atoms with Crippen LogP contribution in [0.4, 0.5) is 0 Å². The number of pyridine rings is 1. The van der Waals surface area contributed by atoms with Gasteiger partial charge in [0.25, 0.3) is 0 Å². The number of nitrogens with zero attached hydrogens (tertiary/aromatic N) is 2. The van der Waals surface area contributed by atoms with Crippen molar-refractivity contribution in [2.45, 2.75) is 31.4 Å². The second-order valence-electron chi connectivity index (χ2n) is 6.83. The van der Waals surface area contributed by atoms with Crippen molar-refractivity contribution in [2.24, 2.45) is 0 Å². The number of carbonyl (C=O) groups is 1. The van der Waals surface area contributed by atoms with Gasteiger partial charge in [-0.1, -0.05) is 6.07 Å². The second-order valence-corrected chi connectivity index (χ2v) is 7.97. The van der Waals surface area contributed by atoms with Crippen LogP contribution in [0.15, 0.2) is 24.4 Å². The highest BCUT2D eigenvalue weighted by Gasteiger charge is 2.42. The number of fused-ring (bicyclic) bond motifs is 2. The van der Waals surface area contributed by atoms with Crippen molar-refractivity contribution in [3.63, 3.8) is 0 Å². The number of rotatable bonds is 4. The summed E-state index contributed by atoms with van der Waals surface area (Å²) in [5.41, 5.74) is 1.96. The number of carboxylic acid groups (broad SMARTS) is 1. The van der Waals surface area contributed by atoms with Crippen LogP contribution in [0.2, 0.25) is 0 Å². The van der Waals surface area contributed by atoms with Crippen molar-refractivity contribution >= 4 is 17.3 Å². The van der Waals surface area contributed by atoms with Gasteiger partial charge in [-0.25, -0.2) is 9.78 Å². The summed E-state index contributed by atoms with van der Waals surface area (Å²) in [6.07, 6.45) is 4.45. The first-order chi connectivity index (χ1) is 12.6. The Morgan fingerprint density at radius 2 is 2.23 bits per heavy atom. The third kappa shape index (κ3) is 3.22. The van der Waals surface area contributed by atoms with Crippen LogP contribution in [0, 0.1) is 0 Å². The summed E-state index contributed by atoms with van der Waals surface area (Å²) in [5, 5.41) is 9.31. The third-order valence-electron chi connectivity index (χ3n) is 5.29. The fourth-order valence-corrected chi connectivity index (χ4v) is 4.96. The molecule has 0 aromatic carbocycles. The standard InChI is InChI=1S/C19H22N2O4S/c1-24-17-3-2-13(11-20-17)12-21-7-5-19(6-8-21)14-10-16(18(22)23)26-15(14)4-9-25-19/h2-3,10-11H,4-9,12H2,1H3,(H,22,23). The quantitative estimate of drug-likeness (QED) is 0.887. The average Bonchev–Trinajstić information content (AvgIpc) is 3.11. The molecule has 0 unspecified atom stereocenters. The highest BCUT2D eigenvalue weighted by Crippen LogP contribution is 2.44. The zero-order valence-corrected chi connectivity index (χ0v) is 15.6. The minimum absolute atomic E-state index is 0.313. The molecular weight excluding hydrogens is 352 g/mol. The van der Waals surface area contributed by atoms with Gasteiger partial charge in [-0.15, -0.1) is 11.3 Å². The number of thiophene rings is 1. The number of aromatic nitrogens is 1. The van der Waals surface area contributed by atoms with E-state index in [0.717, 1.165) is 50.0 Å². The molecule has 1 fully saturated rings. The van der Waals surface area contributed by atoms with E-state index in [1.54, 1.807) is 7.11 Å². The first kappa shape index (κ1) is 17.5. The van der Waals surface area contributed by atoms with Gasteiger partial charge >= 0.3 is 5.97 Å². The molecule has 2 aromatic rings. The third-order valence-corrected chi connectivity index (χ3v) is 6.48. The summed E-state index contributed by atoms with van der Waals surface area (Å²) in [5.74, 6) is -0.217. The first-order valence-corrected chi connectivity index (χ1v) is 9.63. The SMILES string of the molecule is COc1ccc(CN2CCC3(CC2)OCCc2sc(C(=O)O)cc23)cn1. The van der Waals surface area contributed by atoms with Crippen LogP contribution in [-0.4, -0.2) is 47.8 Å². The summed E-state index contributed by atoms with van der Waals surface area (Å²) in [7, 11) is 1.62. The van der Waals surface area contributed by atoms with E-state index in [-0.39, 0.29) is 5.60 Å². The number of likely N-dealkylation sites (tertiary alicyclic amines) is 1. The molecule has 2 aliphatic rings. The van der Waals surface area contributed by atoms with Crippen LogP contribution in [0.25, 0.3) is 0 Å². The zero-order chi connectivity index (χ0) is 18.1. The molecule has 0 saturated carbocycles. The molecule has 1 spiro atoms. The largest absolute Gasteiger partial charge is 0.481 e. The molecule has 4 heterocycles. The molecule has 0 amide bonds. The van der Waals surface area contributed by atoms with E-state index >= 15 is 0 Å². The lowest BCUT2D eigenvalue weighted by molar-refractivity contribution is -0.0981. The molecule has 138 valence electrons. The molecule has 26 heavy (non-hydrogen) atoms. The van der Waals surface area contributed by atoms with Crippen molar-refractivity contribution < 1.29 is 19.4 Å². The summed E-state index contributed by atoms with van der Waals surface area (Å²) in [6.45, 7) is 3.37. The number of methoxy groups -OCH3 is 1. The van der Waals surface area contributed by atoms with E-state index in [0.29, 0.717) is 17.4 Å². The maximum atomic E-state index is 11.3. The Balaban J connectivity index is 1.45. The monoisotopic (exact) mass is 374 g/mol. The predicted octanol–water partition coefficient (Wildman–Crippen LogP) is 2.91. The molecule has 7 heteroatoms. The Labute approximate surface area is 156 Å². The molecular formula is C19H22N2O4S. The van der Waals surface area contributed by atoms with Crippen molar-refractivity contribution in [1.82, 2.24) is 9.88 Å². The molecule has 4 rings (SSSR count). The van der Waals surface area contributed by atoms with Gasteiger partial charge < -0.3 is 14.6 Å². The molecule has 2 aromatic heterocycles. The van der Waals surface area contributed by atoms with Crippen molar-refractivity contribution in [3.05, 3.63) is 45.3 Å². The minimum atomic E-state index is -0.844. The summed E-state index contributed by atoms with van der Waals surface area (Å²) < 4.78 is 11.3. The molecule has 0 atom stereocenters. The number of piperidine rings is 1. The maximum absolute atomic E-state index is 11.3. The van der Waals surface area contributed by atoms with Crippen LogP contribution in [-0.2, 0) is 23.3 Å². The van der Waals surface area contributed by atoms with E-state index in [2.05, 4.69) is 9.88 Å². The molecule has 0 bridgehead atoms. The van der Waals surface area contributed by atoms with E-state index < -0.39 is 5.97 Å². The van der Waals surface area contributed by atoms with Gasteiger partial charge in [0.05, 0.1) is 19.3 Å². The summed E-state index contributed by atoms with van der Waals surface area (Å²) in [4.78, 5) is 19.6. The summed E-state index contributed by atoms with van der Waals surface area (Å²) >= 11 is 1.40. The lowest BCUT2D eigenvalue weighted by Gasteiger charge is -2.44. The smallest absolute Gasteiger partial charge is 0.345 e. The van der Waals surface area contributed by atoms with Crippen LogP contribution in [0.1, 0.15) is 38.5 Å². The average molecular weight is 374 g/mol. The number of aromatic carboxylic acids is 1. The second kappa shape index (κ2) is 6.98. The highest BCUT2D eigenvalue weighted by molar-refractivity contribution is 7.14. The number of ether oxygens (including phenoxy) is 2. The maximum Gasteiger partial charge on any atom is 0.345 e. The van der Waals surface area contributed by atoms with Gasteiger partial charge in [-0.3, -0.25) is 4.90 Å². The molecule has 6 nitrogen and oxygen atoms in total. The summed E-state index contributed by atoms with van der Waals surface area (Å²) in [6, 6.07) is 5.77. The van der Waals surface area contributed by atoms with Gasteiger partial charge in [0.1, 0.15) is 4.88 Å². The van der Waals surface area contributed by atoms with E-state index in [1.807, 2.05) is 24.4 Å². The van der Waals surface area contributed by atoms with Crippen molar-refractivity contribution in [1.29, 1.82) is 0 Å². The van der Waals surface area contributed by atoms with E-state index in [4.69, 9.17) is 9.47 Å². The predicted molar refractivity (Wildman–Crippen MR) is 97.9 cm³/mol. The normalized spacial score (nSPS) is 19.3. The Kier molecular flexibility index (Phi) is 4.69. The van der Waals surface area contributed by atoms with Crippen LogP contribution in [0.3, 0.4) is 0 Å². The lowest BCUT2D eigenvalue weighted by Crippen LogP contribution is -2.45. The Morgan fingerprint density at radius 1 is 1.42 bits per heavy atom. The number of carboxylic acids is 1. The van der Waals surface area contributed by atoms with Gasteiger partial charge in [0.15, 0.2) is 0 Å². The first-order valence-electron chi connectivity index (χ1n) is 8.81. The minimum Gasteiger partial charge on any atom is -0.481 e.